The van der Waals surface area contributed by atoms with Gasteiger partial charge in [-0.05, 0) is 0 Å². The van der Waals surface area contributed by atoms with Crippen LogP contribution in [-0.4, -0.2) is 28.3 Å². The molecule has 0 aliphatic rings. The zero-order valence-corrected chi connectivity index (χ0v) is 5.74. The molecule has 0 heterocycles. The summed E-state index contributed by atoms with van der Waals surface area (Å²) < 4.78 is 0. The van der Waals surface area contributed by atoms with E-state index in [1.54, 1.807) is 0 Å². The molecule has 0 radical (unpaired) electrons. The molecule has 0 aliphatic heterocycles. The van der Waals surface area contributed by atoms with Gasteiger partial charge in [0.05, 0.1) is 12.1 Å². The lowest BCUT2D eigenvalue weighted by atomic mass is 10.2. The summed E-state index contributed by atoms with van der Waals surface area (Å²) >= 11 is 0. The second-order valence-electron chi connectivity index (χ2n) is 1.99. The third kappa shape index (κ3) is 6.42. The molecule has 0 aromatic carbocycles. The fourth-order valence-corrected chi connectivity index (χ4v) is 0.493. The molecular formula is C5H8N2O4. The SMILES string of the molecule is N=C(CCC(=O)O)C[N+](=O)[O-]. The Hall–Kier alpha value is -1.46. The number of rotatable bonds is 5. The maximum absolute atomic E-state index is 9.92. The molecule has 0 fully saturated rings. The van der Waals surface area contributed by atoms with Crippen LogP contribution in [0.4, 0.5) is 0 Å². The molecule has 0 bridgehead atoms. The van der Waals surface area contributed by atoms with E-state index in [4.69, 9.17) is 10.5 Å². The Morgan fingerprint density at radius 3 is 2.45 bits per heavy atom. The highest BCUT2D eigenvalue weighted by Crippen LogP contribution is 1.91. The highest BCUT2D eigenvalue weighted by Gasteiger charge is 2.06. The van der Waals surface area contributed by atoms with Gasteiger partial charge in [-0.1, -0.05) is 0 Å². The van der Waals surface area contributed by atoms with Gasteiger partial charge in [0.2, 0.25) is 6.54 Å². The highest BCUT2D eigenvalue weighted by molar-refractivity contribution is 5.85. The maximum Gasteiger partial charge on any atom is 0.303 e. The van der Waals surface area contributed by atoms with Crippen molar-refractivity contribution in [1.29, 1.82) is 5.41 Å². The molecule has 6 nitrogen and oxygen atoms in total. The molecule has 0 aromatic heterocycles. The number of aliphatic carboxylic acids is 1. The molecule has 62 valence electrons. The van der Waals surface area contributed by atoms with Crippen LogP contribution in [-0.2, 0) is 4.79 Å². The minimum absolute atomic E-state index is 0.0453. The number of nitrogens with one attached hydrogen (secondary N) is 1. The van der Waals surface area contributed by atoms with Gasteiger partial charge in [0.1, 0.15) is 0 Å². The minimum Gasteiger partial charge on any atom is -0.481 e. The predicted octanol–water partition coefficient (Wildman–Crippen LogP) is 0.148. The van der Waals surface area contributed by atoms with E-state index in [2.05, 4.69) is 0 Å². The van der Waals surface area contributed by atoms with E-state index >= 15 is 0 Å². The van der Waals surface area contributed by atoms with Crippen molar-refractivity contribution in [3.05, 3.63) is 10.1 Å². The average Bonchev–Trinajstić information content (AvgIpc) is 1.82. The Bertz CT molecular complexity index is 189. The van der Waals surface area contributed by atoms with Crippen LogP contribution < -0.4 is 0 Å². The second-order valence-corrected chi connectivity index (χ2v) is 1.99. The molecule has 0 aromatic rings. The summed E-state index contributed by atoms with van der Waals surface area (Å²) in [6.45, 7) is -0.562. The summed E-state index contributed by atoms with van der Waals surface area (Å²) in [4.78, 5) is 19.0. The molecule has 0 spiro atoms. The summed E-state index contributed by atoms with van der Waals surface area (Å²) in [7, 11) is 0. The Labute approximate surface area is 62.5 Å². The van der Waals surface area contributed by atoms with Gasteiger partial charge in [0, 0.05) is 11.3 Å². The van der Waals surface area contributed by atoms with Crippen molar-refractivity contribution in [2.75, 3.05) is 6.54 Å². The fourth-order valence-electron chi connectivity index (χ4n) is 0.493. The molecule has 0 amide bonds. The monoisotopic (exact) mass is 160 g/mol. The molecule has 0 rings (SSSR count). The van der Waals surface area contributed by atoms with Crippen LogP contribution in [0.25, 0.3) is 0 Å². The number of hydrogen-bond acceptors (Lipinski definition) is 4. The van der Waals surface area contributed by atoms with Gasteiger partial charge >= 0.3 is 5.97 Å². The number of carboxylic acid groups (broad SMARTS) is 1. The maximum atomic E-state index is 9.92. The van der Waals surface area contributed by atoms with Gasteiger partial charge in [-0.25, -0.2) is 0 Å². The minimum atomic E-state index is -1.04. The number of carboxylic acids is 1. The van der Waals surface area contributed by atoms with Crippen molar-refractivity contribution in [2.45, 2.75) is 12.8 Å². The summed E-state index contributed by atoms with van der Waals surface area (Å²) in [5.74, 6) is -1.04. The summed E-state index contributed by atoms with van der Waals surface area (Å²) in [5, 5.41) is 24.8. The van der Waals surface area contributed by atoms with Gasteiger partial charge in [-0.3, -0.25) is 14.9 Å². The van der Waals surface area contributed by atoms with Crippen molar-refractivity contribution >= 4 is 11.7 Å². The fraction of sp³-hybridized carbons (Fsp3) is 0.600. The van der Waals surface area contributed by atoms with Gasteiger partial charge in [0.15, 0.2) is 0 Å². The zero-order valence-electron chi connectivity index (χ0n) is 5.74. The van der Waals surface area contributed by atoms with Crippen LogP contribution in [0.3, 0.4) is 0 Å². The molecule has 0 unspecified atom stereocenters. The van der Waals surface area contributed by atoms with Crippen LogP contribution in [0.2, 0.25) is 0 Å². The first kappa shape index (κ1) is 9.54. The van der Waals surface area contributed by atoms with E-state index in [0.717, 1.165) is 0 Å². The van der Waals surface area contributed by atoms with Gasteiger partial charge in [-0.15, -0.1) is 0 Å². The highest BCUT2D eigenvalue weighted by atomic mass is 16.6. The van der Waals surface area contributed by atoms with Crippen molar-refractivity contribution < 1.29 is 14.8 Å². The Morgan fingerprint density at radius 1 is 1.55 bits per heavy atom. The topological polar surface area (TPSA) is 104 Å². The van der Waals surface area contributed by atoms with Crippen molar-refractivity contribution in [3.8, 4) is 0 Å². The number of hydrogen-bond donors (Lipinski definition) is 2. The Balaban J connectivity index is 3.53. The van der Waals surface area contributed by atoms with E-state index in [-0.39, 0.29) is 18.6 Å². The van der Waals surface area contributed by atoms with E-state index in [1.807, 2.05) is 0 Å². The van der Waals surface area contributed by atoms with E-state index < -0.39 is 17.4 Å². The Morgan fingerprint density at radius 2 is 2.09 bits per heavy atom. The molecule has 0 atom stereocenters. The van der Waals surface area contributed by atoms with Crippen LogP contribution in [0.1, 0.15) is 12.8 Å². The molecule has 0 saturated carbocycles. The normalized spacial score (nSPS) is 9.09. The van der Waals surface area contributed by atoms with Crippen molar-refractivity contribution in [1.82, 2.24) is 0 Å². The lowest BCUT2D eigenvalue weighted by Crippen LogP contribution is -2.13. The van der Waals surface area contributed by atoms with Gasteiger partial charge in [0.25, 0.3) is 0 Å². The largest absolute Gasteiger partial charge is 0.481 e. The number of nitro groups is 1. The molecule has 0 aliphatic carbocycles. The standard InChI is InChI=1S/C5H8N2O4/c6-4(3-7(10)11)1-2-5(8)9/h6H,1-3H2,(H,8,9). The predicted molar refractivity (Wildman–Crippen MR) is 36.5 cm³/mol. The molecule has 0 saturated heterocycles. The lowest BCUT2D eigenvalue weighted by molar-refractivity contribution is -0.463. The smallest absolute Gasteiger partial charge is 0.303 e. The molecule has 6 heteroatoms. The van der Waals surface area contributed by atoms with Crippen molar-refractivity contribution in [3.63, 3.8) is 0 Å². The van der Waals surface area contributed by atoms with Crippen molar-refractivity contribution in [2.24, 2.45) is 0 Å². The third-order valence-electron chi connectivity index (χ3n) is 0.961. The van der Waals surface area contributed by atoms with Crippen LogP contribution in [0, 0.1) is 15.5 Å². The zero-order chi connectivity index (χ0) is 8.85. The summed E-state index contributed by atoms with van der Waals surface area (Å²) in [6, 6.07) is 0. The number of nitrogens with zero attached hydrogens (tertiary/aromatic N) is 1. The quantitative estimate of drug-likeness (QED) is 0.339. The first-order chi connectivity index (χ1) is 5.02. The third-order valence-corrected chi connectivity index (χ3v) is 0.961. The van der Waals surface area contributed by atoms with Gasteiger partial charge in [-0.2, -0.15) is 0 Å². The molecule has 11 heavy (non-hydrogen) atoms. The average molecular weight is 160 g/mol. The summed E-state index contributed by atoms with van der Waals surface area (Å²) in [6.07, 6.45) is -0.261. The van der Waals surface area contributed by atoms with Crippen LogP contribution in [0.15, 0.2) is 0 Å². The molecule has 2 N–H and O–H groups in total. The second kappa shape index (κ2) is 4.37. The first-order valence-electron chi connectivity index (χ1n) is 2.92. The van der Waals surface area contributed by atoms with E-state index in [1.165, 1.54) is 0 Å². The first-order valence-corrected chi connectivity index (χ1v) is 2.92. The van der Waals surface area contributed by atoms with Crippen LogP contribution >= 0.6 is 0 Å². The van der Waals surface area contributed by atoms with Crippen LogP contribution in [0.5, 0.6) is 0 Å². The Kier molecular flexibility index (Phi) is 3.79. The summed E-state index contributed by atoms with van der Waals surface area (Å²) in [5.41, 5.74) is -0.155. The molecular weight excluding hydrogens is 152 g/mol. The van der Waals surface area contributed by atoms with E-state index in [9.17, 15) is 14.9 Å². The lowest BCUT2D eigenvalue weighted by Gasteiger charge is -1.94. The number of carbonyl (C=O) groups is 1. The van der Waals surface area contributed by atoms with Gasteiger partial charge < -0.3 is 10.5 Å². The van der Waals surface area contributed by atoms with E-state index in [0.29, 0.717) is 0 Å².